The number of ketones is 1. The standard InChI is InChI=1S/C15H24N4O2/c1-2-19-12-13(11-17-19)14(20)15(21)16-7-6-10-18-8-4-3-5-9-18/h11-12H,2-10H2,1H3,(H,16,21). The van der Waals surface area contributed by atoms with Gasteiger partial charge in [0.15, 0.2) is 0 Å². The van der Waals surface area contributed by atoms with Crippen LogP contribution in [0.5, 0.6) is 0 Å². The molecule has 1 amide bonds. The molecule has 0 radical (unpaired) electrons. The summed E-state index contributed by atoms with van der Waals surface area (Å²) in [4.78, 5) is 26.1. The highest BCUT2D eigenvalue weighted by Gasteiger charge is 2.17. The molecule has 1 aliphatic heterocycles. The third kappa shape index (κ3) is 4.67. The molecule has 2 heterocycles. The zero-order valence-corrected chi connectivity index (χ0v) is 12.7. The number of piperidine rings is 1. The summed E-state index contributed by atoms with van der Waals surface area (Å²) in [5.41, 5.74) is 0.352. The summed E-state index contributed by atoms with van der Waals surface area (Å²) in [6.45, 7) is 6.46. The minimum atomic E-state index is -0.538. The Kier molecular flexibility index (Phi) is 5.92. The number of aryl methyl sites for hydroxylation is 1. The topological polar surface area (TPSA) is 67.2 Å². The molecule has 21 heavy (non-hydrogen) atoms. The molecule has 1 aromatic rings. The number of Topliss-reactive ketones (excluding diaryl/α,β-unsaturated/α-hetero) is 1. The van der Waals surface area contributed by atoms with E-state index in [9.17, 15) is 9.59 Å². The van der Waals surface area contributed by atoms with E-state index in [1.807, 2.05) is 6.92 Å². The van der Waals surface area contributed by atoms with Crippen LogP contribution in [0.2, 0.25) is 0 Å². The van der Waals surface area contributed by atoms with Gasteiger partial charge in [0.1, 0.15) is 0 Å². The quantitative estimate of drug-likeness (QED) is 0.464. The molecule has 6 nitrogen and oxygen atoms in total. The van der Waals surface area contributed by atoms with Crippen molar-refractivity contribution in [2.45, 2.75) is 39.2 Å². The Bertz CT molecular complexity index is 478. The fraction of sp³-hybridized carbons (Fsp3) is 0.667. The second-order valence-corrected chi connectivity index (χ2v) is 5.43. The van der Waals surface area contributed by atoms with Gasteiger partial charge < -0.3 is 10.2 Å². The summed E-state index contributed by atoms with van der Waals surface area (Å²) in [5, 5.41) is 6.70. The van der Waals surface area contributed by atoms with Gasteiger partial charge in [0.25, 0.3) is 11.7 Å². The zero-order valence-electron chi connectivity index (χ0n) is 12.7. The summed E-state index contributed by atoms with van der Waals surface area (Å²) in [6.07, 6.45) is 7.80. The SMILES string of the molecule is CCn1cc(C(=O)C(=O)NCCCN2CCCCC2)cn1. The molecular formula is C15H24N4O2. The van der Waals surface area contributed by atoms with Crippen molar-refractivity contribution >= 4 is 11.7 Å². The molecule has 116 valence electrons. The number of amides is 1. The van der Waals surface area contributed by atoms with Gasteiger partial charge in [0.2, 0.25) is 0 Å². The molecule has 1 N–H and O–H groups in total. The minimum Gasteiger partial charge on any atom is -0.349 e. The molecular weight excluding hydrogens is 268 g/mol. The highest BCUT2D eigenvalue weighted by atomic mass is 16.2. The summed E-state index contributed by atoms with van der Waals surface area (Å²) >= 11 is 0. The van der Waals surface area contributed by atoms with Crippen LogP contribution in [-0.2, 0) is 11.3 Å². The normalized spacial score (nSPS) is 15.9. The zero-order chi connectivity index (χ0) is 15.1. The molecule has 0 spiro atoms. The summed E-state index contributed by atoms with van der Waals surface area (Å²) in [7, 11) is 0. The van der Waals surface area contributed by atoms with Gasteiger partial charge in [-0.2, -0.15) is 5.10 Å². The third-order valence-corrected chi connectivity index (χ3v) is 3.81. The van der Waals surface area contributed by atoms with Gasteiger partial charge in [0.05, 0.1) is 11.8 Å². The first-order valence-corrected chi connectivity index (χ1v) is 7.78. The molecule has 1 aliphatic rings. The second-order valence-electron chi connectivity index (χ2n) is 5.43. The molecule has 1 fully saturated rings. The Balaban J connectivity index is 1.67. The molecule has 0 saturated carbocycles. The van der Waals surface area contributed by atoms with Crippen LogP contribution in [0.3, 0.4) is 0 Å². The van der Waals surface area contributed by atoms with Crippen molar-refractivity contribution in [2.24, 2.45) is 0 Å². The maximum atomic E-state index is 11.9. The van der Waals surface area contributed by atoms with E-state index in [2.05, 4.69) is 15.3 Å². The first-order valence-electron chi connectivity index (χ1n) is 7.78. The molecule has 0 unspecified atom stereocenters. The smallest absolute Gasteiger partial charge is 0.292 e. The number of carbonyl (C=O) groups is 2. The average Bonchev–Trinajstić information content (AvgIpc) is 3.00. The average molecular weight is 292 g/mol. The number of nitrogens with one attached hydrogen (secondary N) is 1. The first kappa shape index (κ1) is 15.7. The second kappa shape index (κ2) is 7.93. The van der Waals surface area contributed by atoms with Gasteiger partial charge in [-0.3, -0.25) is 14.3 Å². The number of hydrogen-bond donors (Lipinski definition) is 1. The predicted octanol–water partition coefficient (Wildman–Crippen LogP) is 1.08. The van der Waals surface area contributed by atoms with E-state index in [1.54, 1.807) is 10.9 Å². The van der Waals surface area contributed by atoms with E-state index in [0.29, 0.717) is 18.7 Å². The van der Waals surface area contributed by atoms with E-state index in [-0.39, 0.29) is 0 Å². The maximum Gasteiger partial charge on any atom is 0.292 e. The van der Waals surface area contributed by atoms with Gasteiger partial charge in [-0.05, 0) is 45.8 Å². The van der Waals surface area contributed by atoms with Crippen molar-refractivity contribution < 1.29 is 9.59 Å². The number of aromatic nitrogens is 2. The Morgan fingerprint density at radius 1 is 1.29 bits per heavy atom. The van der Waals surface area contributed by atoms with Crippen LogP contribution >= 0.6 is 0 Å². The Hall–Kier alpha value is -1.69. The number of carbonyl (C=O) groups excluding carboxylic acids is 2. The fourth-order valence-corrected chi connectivity index (χ4v) is 2.55. The molecule has 1 saturated heterocycles. The van der Waals surface area contributed by atoms with E-state index in [4.69, 9.17) is 0 Å². The molecule has 6 heteroatoms. The van der Waals surface area contributed by atoms with Crippen LogP contribution in [0.15, 0.2) is 12.4 Å². The first-order chi connectivity index (χ1) is 10.2. The summed E-state index contributed by atoms with van der Waals surface area (Å²) in [5.74, 6) is -1.04. The fourth-order valence-electron chi connectivity index (χ4n) is 2.55. The van der Waals surface area contributed by atoms with Crippen molar-refractivity contribution in [3.63, 3.8) is 0 Å². The Morgan fingerprint density at radius 2 is 2.05 bits per heavy atom. The molecule has 0 aromatic carbocycles. The van der Waals surface area contributed by atoms with E-state index in [0.717, 1.165) is 26.1 Å². The van der Waals surface area contributed by atoms with Gasteiger partial charge in [0, 0.05) is 19.3 Å². The van der Waals surface area contributed by atoms with Crippen molar-refractivity contribution in [3.8, 4) is 0 Å². The lowest BCUT2D eigenvalue weighted by atomic mass is 10.1. The molecule has 1 aromatic heterocycles. The van der Waals surface area contributed by atoms with E-state index < -0.39 is 11.7 Å². The van der Waals surface area contributed by atoms with E-state index >= 15 is 0 Å². The van der Waals surface area contributed by atoms with Crippen LogP contribution in [0, 0.1) is 0 Å². The van der Waals surface area contributed by atoms with Gasteiger partial charge in [-0.25, -0.2) is 0 Å². The van der Waals surface area contributed by atoms with Crippen LogP contribution in [0.25, 0.3) is 0 Å². The lowest BCUT2D eigenvalue weighted by Gasteiger charge is -2.26. The Labute approximate surface area is 125 Å². The van der Waals surface area contributed by atoms with Crippen LogP contribution in [-0.4, -0.2) is 52.5 Å². The van der Waals surface area contributed by atoms with Gasteiger partial charge in [-0.15, -0.1) is 0 Å². The number of rotatable bonds is 7. The number of likely N-dealkylation sites (tertiary alicyclic amines) is 1. The summed E-state index contributed by atoms with van der Waals surface area (Å²) < 4.78 is 1.64. The monoisotopic (exact) mass is 292 g/mol. The van der Waals surface area contributed by atoms with Crippen molar-refractivity contribution in [3.05, 3.63) is 18.0 Å². The van der Waals surface area contributed by atoms with Crippen molar-refractivity contribution in [1.29, 1.82) is 0 Å². The van der Waals surface area contributed by atoms with E-state index in [1.165, 1.54) is 25.5 Å². The van der Waals surface area contributed by atoms with Gasteiger partial charge in [-0.1, -0.05) is 6.42 Å². The van der Waals surface area contributed by atoms with Crippen LogP contribution in [0.4, 0.5) is 0 Å². The molecule has 2 rings (SSSR count). The number of hydrogen-bond acceptors (Lipinski definition) is 4. The minimum absolute atomic E-state index is 0.352. The molecule has 0 aliphatic carbocycles. The largest absolute Gasteiger partial charge is 0.349 e. The van der Waals surface area contributed by atoms with Gasteiger partial charge >= 0.3 is 0 Å². The predicted molar refractivity (Wildman–Crippen MR) is 80.1 cm³/mol. The lowest BCUT2D eigenvalue weighted by molar-refractivity contribution is -0.117. The third-order valence-electron chi connectivity index (χ3n) is 3.81. The van der Waals surface area contributed by atoms with Crippen molar-refractivity contribution in [1.82, 2.24) is 20.0 Å². The molecule has 0 bridgehead atoms. The highest BCUT2D eigenvalue weighted by molar-refractivity contribution is 6.42. The van der Waals surface area contributed by atoms with Crippen molar-refractivity contribution in [2.75, 3.05) is 26.2 Å². The van der Waals surface area contributed by atoms with Crippen LogP contribution in [0.1, 0.15) is 43.0 Å². The summed E-state index contributed by atoms with van der Waals surface area (Å²) in [6, 6.07) is 0. The number of nitrogens with zero attached hydrogens (tertiary/aromatic N) is 3. The maximum absolute atomic E-state index is 11.9. The van der Waals surface area contributed by atoms with Crippen LogP contribution < -0.4 is 5.32 Å². The lowest BCUT2D eigenvalue weighted by Crippen LogP contribution is -2.35. The molecule has 0 atom stereocenters. The highest BCUT2D eigenvalue weighted by Crippen LogP contribution is 2.08. The Morgan fingerprint density at radius 3 is 2.71 bits per heavy atom.